The van der Waals surface area contributed by atoms with Crippen molar-refractivity contribution in [2.24, 2.45) is 0 Å². The highest BCUT2D eigenvalue weighted by atomic mass is 32.2. The molecule has 0 aliphatic carbocycles. The third-order valence-corrected chi connectivity index (χ3v) is 4.88. The number of amides is 1. The van der Waals surface area contributed by atoms with Gasteiger partial charge < -0.3 is 14.6 Å². The van der Waals surface area contributed by atoms with Crippen LogP contribution in [0, 0.1) is 10.1 Å². The number of esters is 1. The van der Waals surface area contributed by atoms with Gasteiger partial charge in [0.05, 0.1) is 24.0 Å². The molecular formula is C15H14N2O7S2. The van der Waals surface area contributed by atoms with Crippen LogP contribution in [-0.2, 0) is 14.3 Å². The molecule has 26 heavy (non-hydrogen) atoms. The Hall–Kier alpha value is -2.66. The first-order valence-electron chi connectivity index (χ1n) is 7.11. The van der Waals surface area contributed by atoms with Crippen LogP contribution in [-0.4, -0.2) is 51.4 Å². The second-order valence-electron chi connectivity index (χ2n) is 5.10. The number of rotatable bonds is 5. The van der Waals surface area contributed by atoms with Crippen molar-refractivity contribution in [2.75, 3.05) is 14.2 Å². The predicted octanol–water partition coefficient (Wildman–Crippen LogP) is 2.07. The van der Waals surface area contributed by atoms with Crippen molar-refractivity contribution in [3.05, 3.63) is 32.7 Å². The van der Waals surface area contributed by atoms with E-state index in [0.29, 0.717) is 0 Å². The van der Waals surface area contributed by atoms with Gasteiger partial charge in [-0.2, -0.15) is 0 Å². The standard InChI is InChI=1S/C15H14N2O7S2/c1-7(14(20)24-3)16-13(19)11(26-15(16)25)6-8-4-9(17(21)22)12(18)10(5-8)23-2/h4-7,18H,1-3H3/b11-6-/t7-/m1/s1. The number of nitro groups is 1. The van der Waals surface area contributed by atoms with Crippen molar-refractivity contribution in [3.63, 3.8) is 0 Å². The first-order valence-corrected chi connectivity index (χ1v) is 8.34. The smallest absolute Gasteiger partial charge is 0.328 e. The highest BCUT2D eigenvalue weighted by Crippen LogP contribution is 2.39. The number of aromatic hydroxyl groups is 1. The fourth-order valence-electron chi connectivity index (χ4n) is 2.23. The molecule has 11 heteroatoms. The van der Waals surface area contributed by atoms with Gasteiger partial charge in [0, 0.05) is 6.07 Å². The van der Waals surface area contributed by atoms with E-state index in [-0.39, 0.29) is 20.5 Å². The van der Waals surface area contributed by atoms with E-state index in [1.165, 1.54) is 33.3 Å². The van der Waals surface area contributed by atoms with Gasteiger partial charge >= 0.3 is 11.7 Å². The van der Waals surface area contributed by atoms with E-state index in [1.54, 1.807) is 0 Å². The lowest BCUT2D eigenvalue weighted by Crippen LogP contribution is -2.42. The minimum atomic E-state index is -0.901. The summed E-state index contributed by atoms with van der Waals surface area (Å²) < 4.78 is 9.71. The number of nitro benzene ring substituents is 1. The van der Waals surface area contributed by atoms with E-state index in [2.05, 4.69) is 4.74 Å². The van der Waals surface area contributed by atoms with Crippen LogP contribution >= 0.6 is 24.0 Å². The van der Waals surface area contributed by atoms with Crippen molar-refractivity contribution < 1.29 is 29.1 Å². The Balaban J connectivity index is 2.43. The molecule has 138 valence electrons. The molecule has 0 aromatic heterocycles. The number of benzene rings is 1. The van der Waals surface area contributed by atoms with E-state index in [1.807, 2.05) is 0 Å². The van der Waals surface area contributed by atoms with Crippen LogP contribution in [0.1, 0.15) is 12.5 Å². The Labute approximate surface area is 157 Å². The summed E-state index contributed by atoms with van der Waals surface area (Å²) >= 11 is 6.09. The van der Waals surface area contributed by atoms with Gasteiger partial charge in [0.1, 0.15) is 10.4 Å². The molecular weight excluding hydrogens is 384 g/mol. The number of ether oxygens (including phenoxy) is 2. The van der Waals surface area contributed by atoms with Crippen molar-refractivity contribution in [1.29, 1.82) is 0 Å². The van der Waals surface area contributed by atoms with Crippen LogP contribution in [0.3, 0.4) is 0 Å². The minimum absolute atomic E-state index is 0.108. The van der Waals surface area contributed by atoms with Gasteiger partial charge in [0.25, 0.3) is 5.91 Å². The summed E-state index contributed by atoms with van der Waals surface area (Å²) in [5.74, 6) is -1.86. The molecule has 1 amide bonds. The highest BCUT2D eigenvalue weighted by molar-refractivity contribution is 8.26. The first kappa shape index (κ1) is 19.7. The van der Waals surface area contributed by atoms with Gasteiger partial charge in [0.2, 0.25) is 5.75 Å². The maximum atomic E-state index is 12.5. The number of carbonyl (C=O) groups is 2. The van der Waals surface area contributed by atoms with Gasteiger partial charge in [-0.25, -0.2) is 4.79 Å². The number of phenolic OH excluding ortho intramolecular Hbond substituents is 1. The molecule has 0 radical (unpaired) electrons. The fraction of sp³-hybridized carbons (Fsp3) is 0.267. The molecule has 1 aromatic carbocycles. The van der Waals surface area contributed by atoms with Gasteiger partial charge in [-0.05, 0) is 24.6 Å². The van der Waals surface area contributed by atoms with Crippen LogP contribution in [0.4, 0.5) is 5.69 Å². The number of hydrogen-bond acceptors (Lipinski definition) is 9. The molecule has 1 aliphatic rings. The maximum Gasteiger partial charge on any atom is 0.328 e. The molecule has 1 aromatic rings. The van der Waals surface area contributed by atoms with Crippen LogP contribution < -0.4 is 4.74 Å². The van der Waals surface area contributed by atoms with Gasteiger partial charge in [-0.3, -0.25) is 19.8 Å². The molecule has 0 spiro atoms. The molecule has 1 heterocycles. The van der Waals surface area contributed by atoms with Gasteiger partial charge in [-0.1, -0.05) is 24.0 Å². The zero-order valence-electron chi connectivity index (χ0n) is 13.9. The molecule has 1 atom stereocenters. The minimum Gasteiger partial charge on any atom is -0.500 e. The lowest BCUT2D eigenvalue weighted by molar-refractivity contribution is -0.386. The third-order valence-electron chi connectivity index (χ3n) is 3.54. The number of methoxy groups -OCH3 is 2. The summed E-state index contributed by atoms with van der Waals surface area (Å²) in [6.07, 6.45) is 1.37. The highest BCUT2D eigenvalue weighted by Gasteiger charge is 2.38. The van der Waals surface area contributed by atoms with E-state index in [9.17, 15) is 24.8 Å². The van der Waals surface area contributed by atoms with E-state index in [4.69, 9.17) is 17.0 Å². The Bertz CT molecular complexity index is 838. The first-order chi connectivity index (χ1) is 12.2. The Morgan fingerprint density at radius 3 is 2.65 bits per heavy atom. The van der Waals surface area contributed by atoms with Gasteiger partial charge in [-0.15, -0.1) is 0 Å². The average Bonchev–Trinajstić information content (AvgIpc) is 2.88. The van der Waals surface area contributed by atoms with Gasteiger partial charge in [0.15, 0.2) is 5.75 Å². The van der Waals surface area contributed by atoms with Crippen molar-refractivity contribution in [1.82, 2.24) is 4.90 Å². The quantitative estimate of drug-likeness (QED) is 0.261. The molecule has 0 bridgehead atoms. The van der Waals surface area contributed by atoms with Crippen molar-refractivity contribution >= 4 is 51.9 Å². The number of nitrogens with zero attached hydrogens (tertiary/aromatic N) is 2. The van der Waals surface area contributed by atoms with Crippen molar-refractivity contribution in [3.8, 4) is 11.5 Å². The monoisotopic (exact) mass is 398 g/mol. The number of hydrogen-bond donors (Lipinski definition) is 1. The maximum absolute atomic E-state index is 12.5. The second kappa shape index (κ2) is 7.70. The molecule has 2 rings (SSSR count). The Kier molecular flexibility index (Phi) is 5.83. The number of carbonyl (C=O) groups excluding carboxylic acids is 2. The largest absolute Gasteiger partial charge is 0.500 e. The molecule has 0 unspecified atom stereocenters. The summed E-state index contributed by atoms with van der Waals surface area (Å²) in [5, 5.41) is 20.9. The SMILES string of the molecule is COC(=O)[C@@H](C)N1C(=O)/C(=C/c2cc(OC)c(O)c([N+](=O)[O-])c2)SC1=S. The number of thiocarbonyl (C=S) groups is 1. The van der Waals surface area contributed by atoms with Crippen LogP contribution in [0.5, 0.6) is 11.5 Å². The molecule has 0 saturated carbocycles. The Morgan fingerprint density at radius 1 is 1.46 bits per heavy atom. The molecule has 1 N–H and O–H groups in total. The van der Waals surface area contributed by atoms with Crippen LogP contribution in [0.15, 0.2) is 17.0 Å². The van der Waals surface area contributed by atoms with Crippen molar-refractivity contribution in [2.45, 2.75) is 13.0 Å². The zero-order valence-corrected chi connectivity index (χ0v) is 15.6. The normalized spacial score (nSPS) is 16.7. The average molecular weight is 398 g/mol. The Morgan fingerprint density at radius 2 is 2.12 bits per heavy atom. The number of phenols is 1. The van der Waals surface area contributed by atoms with E-state index in [0.717, 1.165) is 22.7 Å². The molecule has 1 saturated heterocycles. The topological polar surface area (TPSA) is 119 Å². The fourth-order valence-corrected chi connectivity index (χ4v) is 3.65. The van der Waals surface area contributed by atoms with E-state index >= 15 is 0 Å². The lowest BCUT2D eigenvalue weighted by atomic mass is 10.1. The third kappa shape index (κ3) is 3.63. The predicted molar refractivity (Wildman–Crippen MR) is 97.8 cm³/mol. The van der Waals surface area contributed by atoms with Crippen LogP contribution in [0.2, 0.25) is 0 Å². The summed E-state index contributed by atoms with van der Waals surface area (Å²) in [6, 6.07) is 1.55. The zero-order chi connectivity index (χ0) is 19.6. The van der Waals surface area contributed by atoms with E-state index < -0.39 is 34.3 Å². The second-order valence-corrected chi connectivity index (χ2v) is 6.77. The summed E-state index contributed by atoms with van der Waals surface area (Å²) in [4.78, 5) is 35.8. The molecule has 1 aliphatic heterocycles. The number of thioether (sulfide) groups is 1. The van der Waals surface area contributed by atoms with Crippen LogP contribution in [0.25, 0.3) is 6.08 Å². The molecule has 1 fully saturated rings. The summed E-state index contributed by atoms with van der Waals surface area (Å²) in [5.41, 5.74) is -0.299. The summed E-state index contributed by atoms with van der Waals surface area (Å²) in [6.45, 7) is 1.48. The lowest BCUT2D eigenvalue weighted by Gasteiger charge is -2.20. The molecule has 9 nitrogen and oxygen atoms in total. The summed E-state index contributed by atoms with van der Waals surface area (Å²) in [7, 11) is 2.45.